The molecule has 0 aliphatic rings. The molecule has 0 spiro atoms. The van der Waals surface area contributed by atoms with Gasteiger partial charge in [0.15, 0.2) is 0 Å². The molecule has 0 saturated carbocycles. The van der Waals surface area contributed by atoms with Gasteiger partial charge in [0.2, 0.25) is 0 Å². The maximum Gasteiger partial charge on any atom is 0.393 e. The van der Waals surface area contributed by atoms with E-state index < -0.39 is 41.8 Å². The molecule has 13 heteroatoms. The first-order chi connectivity index (χ1) is 11.1. The average molecular weight is 386 g/mol. The lowest BCUT2D eigenvalue weighted by molar-refractivity contribution is -0.374. The number of nitrogens with one attached hydrogen (secondary N) is 1. The summed E-state index contributed by atoms with van der Waals surface area (Å²) in [7, 11) is 0. The number of aryl methyl sites for hydroxylation is 1. The molecule has 1 aromatic heterocycles. The van der Waals surface area contributed by atoms with Gasteiger partial charge in [0, 0.05) is 6.20 Å². The Kier molecular flexibility index (Phi) is 5.31. The van der Waals surface area contributed by atoms with Crippen LogP contribution in [0.15, 0.2) is 18.3 Å². The zero-order valence-electron chi connectivity index (χ0n) is 11.9. The molecular weight excluding hydrogens is 378 g/mol. The van der Waals surface area contributed by atoms with E-state index in [2.05, 4.69) is 4.98 Å². The largest absolute Gasteiger partial charge is 0.393 e. The van der Waals surface area contributed by atoms with Crippen LogP contribution in [0.5, 0.6) is 0 Å². The van der Waals surface area contributed by atoms with Crippen molar-refractivity contribution in [2.45, 2.75) is 37.0 Å². The summed E-state index contributed by atoms with van der Waals surface area (Å²) in [5, 5.41) is 1.06. The van der Waals surface area contributed by atoms with Crippen molar-refractivity contribution in [2.24, 2.45) is 0 Å². The first kappa shape index (κ1) is 21.0. The van der Waals surface area contributed by atoms with Crippen LogP contribution in [-0.2, 0) is 4.79 Å². The Bertz CT molecular complexity index is 647. The van der Waals surface area contributed by atoms with Crippen LogP contribution in [0.25, 0.3) is 0 Å². The molecule has 3 nitrogen and oxygen atoms in total. The molecule has 0 fully saturated rings. The third-order valence-electron chi connectivity index (χ3n) is 3.01. The number of aromatic nitrogens is 1. The van der Waals surface area contributed by atoms with Gasteiger partial charge in [0.05, 0.1) is 0 Å². The smallest absolute Gasteiger partial charge is 0.305 e. The Labute approximate surface area is 133 Å². The number of hydrogen-bond acceptors (Lipinski definition) is 2. The molecule has 0 radical (unpaired) electrons. The van der Waals surface area contributed by atoms with E-state index in [1.54, 1.807) is 0 Å². The van der Waals surface area contributed by atoms with E-state index in [4.69, 9.17) is 0 Å². The molecule has 0 saturated heterocycles. The second-order valence-electron chi connectivity index (χ2n) is 4.77. The second-order valence-corrected chi connectivity index (χ2v) is 4.77. The van der Waals surface area contributed by atoms with Crippen molar-refractivity contribution in [3.63, 3.8) is 0 Å². The van der Waals surface area contributed by atoms with E-state index in [0.717, 1.165) is 11.5 Å². The molecule has 0 bridgehead atoms. The molecule has 25 heavy (non-hydrogen) atoms. The van der Waals surface area contributed by atoms with Crippen molar-refractivity contribution in [3.05, 3.63) is 23.9 Å². The number of hydrogen-bond donors (Lipinski definition) is 1. The number of pyridine rings is 1. The first-order valence-electron chi connectivity index (χ1n) is 6.13. The molecule has 0 aliphatic carbocycles. The molecule has 0 aromatic carbocycles. The summed E-state index contributed by atoms with van der Waals surface area (Å²) in [5.41, 5.74) is -0.0559. The Balaban J connectivity index is 3.25. The predicted octanol–water partition coefficient (Wildman–Crippen LogP) is 4.13. The van der Waals surface area contributed by atoms with Gasteiger partial charge in [0.25, 0.3) is 0 Å². The minimum absolute atomic E-state index is 0.0559. The summed E-state index contributed by atoms with van der Waals surface area (Å²) in [6, 6.07) is 2.41. The van der Waals surface area contributed by atoms with E-state index in [1.165, 1.54) is 19.1 Å². The molecule has 0 atom stereocenters. The van der Waals surface area contributed by atoms with E-state index >= 15 is 0 Å². The van der Waals surface area contributed by atoms with Gasteiger partial charge in [-0.15, -0.1) is 0 Å². The molecule has 1 N–H and O–H groups in total. The van der Waals surface area contributed by atoms with E-state index in [9.17, 15) is 48.7 Å². The fraction of sp³-hybridized carbons (Fsp3) is 0.500. The highest BCUT2D eigenvalue weighted by molar-refractivity contribution is 5.96. The van der Waals surface area contributed by atoms with Crippen molar-refractivity contribution in [2.75, 3.05) is 5.32 Å². The van der Waals surface area contributed by atoms with Gasteiger partial charge in [-0.1, -0.05) is 6.07 Å². The van der Waals surface area contributed by atoms with Crippen LogP contribution in [0.1, 0.15) is 5.56 Å². The van der Waals surface area contributed by atoms with Crippen LogP contribution in [0.3, 0.4) is 0 Å². The fourth-order valence-electron chi connectivity index (χ4n) is 1.49. The van der Waals surface area contributed by atoms with Crippen LogP contribution in [0, 0.1) is 6.92 Å². The van der Waals surface area contributed by atoms with Crippen molar-refractivity contribution in [1.29, 1.82) is 0 Å². The highest BCUT2D eigenvalue weighted by atomic mass is 19.4. The number of anilines is 1. The quantitative estimate of drug-likeness (QED) is 0.747. The molecule has 1 rings (SSSR count). The van der Waals surface area contributed by atoms with Gasteiger partial charge in [-0.2, -0.15) is 35.1 Å². The molecular formula is C12H8F10N2O. The molecule has 1 amide bonds. The summed E-state index contributed by atoms with van der Waals surface area (Å²) < 4.78 is 129. The topological polar surface area (TPSA) is 42.0 Å². The van der Waals surface area contributed by atoms with Crippen LogP contribution >= 0.6 is 0 Å². The van der Waals surface area contributed by atoms with Crippen molar-refractivity contribution < 1.29 is 48.7 Å². The number of alkyl halides is 10. The summed E-state index contributed by atoms with van der Waals surface area (Å²) in [6.45, 7) is 1.17. The standard InChI is InChI=1S/C12H8F10N2O/c1-5-3-2-4-23-6(5)24-8(25)10(17,18)12(21,22)11(19,20)9(15,16)7(13)14/h2-4,7H,1H3,(H,23,24,25). The molecule has 1 heterocycles. The van der Waals surface area contributed by atoms with Crippen LogP contribution in [-0.4, -0.2) is 41.0 Å². The Morgan fingerprint density at radius 2 is 1.56 bits per heavy atom. The summed E-state index contributed by atoms with van der Waals surface area (Å²) in [6.07, 6.45) is -4.47. The number of amides is 1. The SMILES string of the molecule is Cc1cccnc1NC(=O)C(F)(F)C(F)(F)C(F)(F)C(F)(F)C(F)F. The third-order valence-corrected chi connectivity index (χ3v) is 3.01. The number of carbonyl (C=O) groups excluding carboxylic acids is 1. The number of halogens is 10. The molecule has 0 unspecified atom stereocenters. The van der Waals surface area contributed by atoms with Gasteiger partial charge >= 0.3 is 36.0 Å². The Hall–Kier alpha value is -2.08. The third kappa shape index (κ3) is 3.23. The van der Waals surface area contributed by atoms with Crippen LogP contribution in [0.4, 0.5) is 49.7 Å². The van der Waals surface area contributed by atoms with Crippen molar-refractivity contribution in [1.82, 2.24) is 4.98 Å². The maximum atomic E-state index is 13.5. The van der Waals surface area contributed by atoms with Crippen molar-refractivity contribution in [3.8, 4) is 0 Å². The number of nitrogens with zero attached hydrogens (tertiary/aromatic N) is 1. The number of carbonyl (C=O) groups is 1. The Morgan fingerprint density at radius 1 is 1.04 bits per heavy atom. The van der Waals surface area contributed by atoms with Gasteiger partial charge in [-0.05, 0) is 18.6 Å². The minimum atomic E-state index is -7.23. The average Bonchev–Trinajstić information content (AvgIpc) is 2.48. The zero-order chi connectivity index (χ0) is 19.8. The highest BCUT2D eigenvalue weighted by Crippen LogP contribution is 2.54. The lowest BCUT2D eigenvalue weighted by Gasteiger charge is -2.35. The monoisotopic (exact) mass is 386 g/mol. The highest BCUT2D eigenvalue weighted by Gasteiger charge is 2.84. The van der Waals surface area contributed by atoms with Gasteiger partial charge in [-0.25, -0.2) is 13.8 Å². The Morgan fingerprint density at radius 3 is 2.00 bits per heavy atom. The minimum Gasteiger partial charge on any atom is -0.305 e. The van der Waals surface area contributed by atoms with Crippen LogP contribution < -0.4 is 5.32 Å². The van der Waals surface area contributed by atoms with E-state index in [-0.39, 0.29) is 5.56 Å². The van der Waals surface area contributed by atoms with E-state index in [0.29, 0.717) is 0 Å². The zero-order valence-corrected chi connectivity index (χ0v) is 11.9. The lowest BCUT2D eigenvalue weighted by Crippen LogP contribution is -2.67. The molecule has 142 valence electrons. The second kappa shape index (κ2) is 6.33. The van der Waals surface area contributed by atoms with Gasteiger partial charge in [-0.3, -0.25) is 4.79 Å². The maximum absolute atomic E-state index is 13.5. The van der Waals surface area contributed by atoms with Crippen molar-refractivity contribution >= 4 is 11.7 Å². The molecule has 1 aromatic rings. The van der Waals surface area contributed by atoms with Gasteiger partial charge in [0.1, 0.15) is 5.82 Å². The fourth-order valence-corrected chi connectivity index (χ4v) is 1.49. The predicted molar refractivity (Wildman–Crippen MR) is 63.4 cm³/mol. The number of rotatable bonds is 6. The summed E-state index contributed by atoms with van der Waals surface area (Å²) >= 11 is 0. The summed E-state index contributed by atoms with van der Waals surface area (Å²) in [5.74, 6) is -31.5. The summed E-state index contributed by atoms with van der Waals surface area (Å²) in [4.78, 5) is 14.5. The lowest BCUT2D eigenvalue weighted by atomic mass is 9.98. The normalized spacial score (nSPS) is 13.9. The van der Waals surface area contributed by atoms with Crippen LogP contribution in [0.2, 0.25) is 0 Å². The van der Waals surface area contributed by atoms with Gasteiger partial charge < -0.3 is 5.32 Å². The first-order valence-corrected chi connectivity index (χ1v) is 6.13. The van der Waals surface area contributed by atoms with E-state index in [1.807, 2.05) is 0 Å². The molecule has 0 aliphatic heterocycles.